The molecule has 2 fully saturated rings. The lowest BCUT2D eigenvalue weighted by atomic mass is 9.65. The van der Waals surface area contributed by atoms with Crippen LogP contribution in [-0.4, -0.2) is 40.4 Å². The predicted octanol–water partition coefficient (Wildman–Crippen LogP) is 8.33. The first-order valence-corrected chi connectivity index (χ1v) is 16.4. The number of fused-ring (bicyclic) bond motifs is 2. The van der Waals surface area contributed by atoms with Gasteiger partial charge >= 0.3 is 0 Å². The maximum Gasteiger partial charge on any atom is 0.222 e. The topological polar surface area (TPSA) is 33.2 Å². The summed E-state index contributed by atoms with van der Waals surface area (Å²) in [5, 5.41) is 0. The molecule has 1 aliphatic carbocycles. The molecule has 1 aromatic carbocycles. The molecule has 3 heterocycles. The van der Waals surface area contributed by atoms with Crippen LogP contribution in [0.5, 0.6) is 0 Å². The number of hydrogen-bond donors (Lipinski definition) is 0. The smallest absolute Gasteiger partial charge is 0.222 e. The van der Waals surface area contributed by atoms with Crippen molar-refractivity contribution in [3.8, 4) is 0 Å². The number of likely N-dealkylation sites (tertiary alicyclic amines) is 1. The first kappa shape index (κ1) is 28.2. The number of halogens is 2. The maximum atomic E-state index is 13.1. The highest BCUT2D eigenvalue weighted by Gasteiger charge is 2.44. The van der Waals surface area contributed by atoms with E-state index in [-0.39, 0.29) is 11.3 Å². The number of piperidine rings is 1. The quantitative estimate of drug-likeness (QED) is 0.340. The molecule has 2 saturated heterocycles. The molecule has 1 atom stereocenters. The summed E-state index contributed by atoms with van der Waals surface area (Å²) in [4.78, 5) is 20.3. The zero-order chi connectivity index (χ0) is 25.9. The van der Waals surface area contributed by atoms with Gasteiger partial charge in [0.15, 0.2) is 0 Å². The molecule has 196 valence electrons. The first-order chi connectivity index (χ1) is 17.3. The van der Waals surface area contributed by atoms with Crippen molar-refractivity contribution in [2.24, 2.45) is 11.3 Å². The highest BCUT2D eigenvalue weighted by atomic mass is 79.9. The molecule has 0 radical (unpaired) electrons. The van der Waals surface area contributed by atoms with Crippen LogP contribution < -0.4 is 0 Å². The van der Waals surface area contributed by atoms with Crippen molar-refractivity contribution in [3.05, 3.63) is 61.3 Å². The Kier molecular flexibility index (Phi) is 9.65. The lowest BCUT2D eigenvalue weighted by molar-refractivity contribution is -0.134. The van der Waals surface area contributed by atoms with Gasteiger partial charge in [0.25, 0.3) is 0 Å². The lowest BCUT2D eigenvalue weighted by Crippen LogP contribution is -2.45. The van der Waals surface area contributed by atoms with E-state index in [1.54, 1.807) is 0 Å². The Morgan fingerprint density at radius 3 is 2.44 bits per heavy atom. The Morgan fingerprint density at radius 1 is 1.08 bits per heavy atom. The summed E-state index contributed by atoms with van der Waals surface area (Å²) in [7, 11) is 0. The number of aromatic nitrogens is 1. The van der Waals surface area contributed by atoms with Crippen LogP contribution in [0, 0.1) is 18.3 Å². The third-order valence-electron chi connectivity index (χ3n) is 8.31. The minimum Gasteiger partial charge on any atom is -0.343 e. The van der Waals surface area contributed by atoms with E-state index in [0.717, 1.165) is 49.7 Å². The Hall–Kier alpha value is -0.850. The molecule has 6 heteroatoms. The average Bonchev–Trinajstić information content (AvgIpc) is 3.03. The number of thioether (sulfide) groups is 1. The van der Waals surface area contributed by atoms with E-state index in [4.69, 9.17) is 4.98 Å². The van der Waals surface area contributed by atoms with Crippen molar-refractivity contribution < 1.29 is 4.79 Å². The zero-order valence-electron chi connectivity index (χ0n) is 22.2. The Morgan fingerprint density at radius 2 is 1.75 bits per heavy atom. The average molecular weight is 637 g/mol. The van der Waals surface area contributed by atoms with Crippen LogP contribution in [0.25, 0.3) is 0 Å². The standard InChI is InChI=1S/C28H34Br2N2OS.C2H6/c1-18-13-20-3-4-21-16-22(29)17-31-27(21)26(25(20)23(30)14-18)28(2)7-9-32(10-8-28)24(33)15-19-5-11-34-12-6-19;1-2/h13-14,16-17,19,26H,3-12,15H2,1-2H3;1-2H3. The summed E-state index contributed by atoms with van der Waals surface area (Å²) in [5.41, 5.74) is 6.81. The Bertz CT molecular complexity index is 1070. The molecule has 1 amide bonds. The van der Waals surface area contributed by atoms with E-state index in [1.807, 2.05) is 31.8 Å². The van der Waals surface area contributed by atoms with Crippen molar-refractivity contribution in [1.29, 1.82) is 0 Å². The van der Waals surface area contributed by atoms with E-state index >= 15 is 0 Å². The number of nitrogens with zero attached hydrogens (tertiary/aromatic N) is 2. The largest absolute Gasteiger partial charge is 0.343 e. The molecule has 0 saturated carbocycles. The molecule has 2 aliphatic heterocycles. The Balaban J connectivity index is 0.00000148. The first-order valence-electron chi connectivity index (χ1n) is 13.6. The molecule has 0 N–H and O–H groups in total. The van der Waals surface area contributed by atoms with E-state index < -0.39 is 0 Å². The van der Waals surface area contributed by atoms with Crippen LogP contribution in [0.4, 0.5) is 0 Å². The number of carbonyl (C=O) groups is 1. The van der Waals surface area contributed by atoms with Crippen LogP contribution in [0.2, 0.25) is 0 Å². The SMILES string of the molecule is CC.Cc1cc(Br)c2c(c1)CCc1cc(Br)cnc1C2C1(C)CCN(C(=O)CC2CCSCC2)CC1. The number of rotatable bonds is 3. The molecule has 3 nitrogen and oxygen atoms in total. The summed E-state index contributed by atoms with van der Waals surface area (Å²) in [6.45, 7) is 10.3. The third kappa shape index (κ3) is 6.07. The second-order valence-corrected chi connectivity index (χ2v) is 13.7. The summed E-state index contributed by atoms with van der Waals surface area (Å²) in [5.74, 6) is 3.63. The molecular weight excluding hydrogens is 596 g/mol. The third-order valence-corrected chi connectivity index (χ3v) is 10.5. The highest BCUT2D eigenvalue weighted by Crippen LogP contribution is 2.52. The summed E-state index contributed by atoms with van der Waals surface area (Å²) in [6.07, 6.45) is 9.19. The molecule has 0 spiro atoms. The number of benzene rings is 1. The van der Waals surface area contributed by atoms with Gasteiger partial charge in [-0.1, -0.05) is 42.8 Å². The van der Waals surface area contributed by atoms with Gasteiger partial charge < -0.3 is 4.90 Å². The molecule has 2 aromatic rings. The normalized spacial score (nSPS) is 21.5. The second-order valence-electron chi connectivity index (χ2n) is 10.7. The Labute approximate surface area is 238 Å². The van der Waals surface area contributed by atoms with E-state index in [9.17, 15) is 4.79 Å². The highest BCUT2D eigenvalue weighted by molar-refractivity contribution is 9.10. The monoisotopic (exact) mass is 634 g/mol. The number of pyridine rings is 1. The van der Waals surface area contributed by atoms with E-state index in [1.165, 1.54) is 56.8 Å². The van der Waals surface area contributed by atoms with Crippen LogP contribution in [0.15, 0.2) is 33.3 Å². The van der Waals surface area contributed by atoms with Crippen molar-refractivity contribution in [3.63, 3.8) is 0 Å². The number of carbonyl (C=O) groups excluding carboxylic acids is 1. The lowest BCUT2D eigenvalue weighted by Gasteiger charge is -2.45. The fourth-order valence-corrected chi connectivity index (χ4v) is 8.70. The van der Waals surface area contributed by atoms with Crippen molar-refractivity contribution in [2.45, 2.75) is 78.6 Å². The van der Waals surface area contributed by atoms with Gasteiger partial charge in [0.2, 0.25) is 5.91 Å². The van der Waals surface area contributed by atoms with Crippen molar-refractivity contribution >= 4 is 49.5 Å². The molecular formula is C30H40Br2N2OS. The number of hydrogen-bond acceptors (Lipinski definition) is 3. The van der Waals surface area contributed by atoms with Gasteiger partial charge in [-0.15, -0.1) is 0 Å². The van der Waals surface area contributed by atoms with Gasteiger partial charge in [0.05, 0.1) is 5.69 Å². The van der Waals surface area contributed by atoms with Gasteiger partial charge in [-0.25, -0.2) is 0 Å². The second kappa shape index (κ2) is 12.3. The van der Waals surface area contributed by atoms with Gasteiger partial charge in [-0.05, 0) is 119 Å². The molecule has 1 aromatic heterocycles. The maximum absolute atomic E-state index is 13.1. The van der Waals surface area contributed by atoms with Gasteiger partial charge in [-0.3, -0.25) is 9.78 Å². The number of amides is 1. The summed E-state index contributed by atoms with van der Waals surface area (Å²) < 4.78 is 2.26. The number of aryl methyl sites for hydroxylation is 3. The molecule has 5 rings (SSSR count). The van der Waals surface area contributed by atoms with Crippen molar-refractivity contribution in [2.75, 3.05) is 24.6 Å². The fraction of sp³-hybridized carbons (Fsp3) is 0.600. The van der Waals surface area contributed by atoms with Crippen molar-refractivity contribution in [1.82, 2.24) is 9.88 Å². The van der Waals surface area contributed by atoms with E-state index in [2.05, 4.69) is 68.8 Å². The minimum atomic E-state index is 0.0602. The van der Waals surface area contributed by atoms with Crippen LogP contribution in [-0.2, 0) is 17.6 Å². The van der Waals surface area contributed by atoms with Gasteiger partial charge in [0, 0.05) is 40.6 Å². The zero-order valence-corrected chi connectivity index (χ0v) is 26.2. The van der Waals surface area contributed by atoms with Crippen LogP contribution in [0.3, 0.4) is 0 Å². The predicted molar refractivity (Wildman–Crippen MR) is 160 cm³/mol. The molecule has 1 unspecified atom stereocenters. The summed E-state index contributed by atoms with van der Waals surface area (Å²) in [6, 6.07) is 6.91. The van der Waals surface area contributed by atoms with E-state index in [0.29, 0.717) is 11.8 Å². The molecule has 3 aliphatic rings. The fourth-order valence-electron chi connectivity index (χ4n) is 6.27. The van der Waals surface area contributed by atoms with Gasteiger partial charge in [-0.2, -0.15) is 11.8 Å². The van der Waals surface area contributed by atoms with Crippen LogP contribution >= 0.6 is 43.6 Å². The molecule has 0 bridgehead atoms. The minimum absolute atomic E-state index is 0.0602. The van der Waals surface area contributed by atoms with Crippen LogP contribution in [0.1, 0.15) is 86.7 Å². The molecule has 36 heavy (non-hydrogen) atoms. The summed E-state index contributed by atoms with van der Waals surface area (Å²) >= 11 is 9.64. The van der Waals surface area contributed by atoms with Gasteiger partial charge in [0.1, 0.15) is 0 Å².